The van der Waals surface area contributed by atoms with Gasteiger partial charge in [-0.2, -0.15) is 0 Å². The van der Waals surface area contributed by atoms with E-state index in [1.54, 1.807) is 18.4 Å². The van der Waals surface area contributed by atoms with Crippen LogP contribution in [-0.2, 0) is 6.54 Å². The van der Waals surface area contributed by atoms with Gasteiger partial charge >= 0.3 is 0 Å². The molecule has 102 valence electrons. The van der Waals surface area contributed by atoms with Gasteiger partial charge in [-0.25, -0.2) is 15.0 Å². The second-order valence-corrected chi connectivity index (χ2v) is 4.58. The van der Waals surface area contributed by atoms with Crippen molar-refractivity contribution in [1.82, 2.24) is 15.0 Å². The molecule has 0 amide bonds. The SMILES string of the molecule is CCCNc1ncnc(NCc2cscn2)c1OC. The van der Waals surface area contributed by atoms with Crippen LogP contribution in [0, 0.1) is 0 Å². The summed E-state index contributed by atoms with van der Waals surface area (Å²) in [5.74, 6) is 2.01. The number of nitrogens with one attached hydrogen (secondary N) is 2. The van der Waals surface area contributed by atoms with Crippen LogP contribution in [0.2, 0.25) is 0 Å². The van der Waals surface area contributed by atoms with Crippen molar-refractivity contribution in [2.45, 2.75) is 19.9 Å². The van der Waals surface area contributed by atoms with Crippen molar-refractivity contribution in [2.75, 3.05) is 24.3 Å². The molecule has 0 saturated carbocycles. The molecule has 0 spiro atoms. The monoisotopic (exact) mass is 279 g/mol. The fraction of sp³-hybridized carbons (Fsp3) is 0.417. The summed E-state index contributed by atoms with van der Waals surface area (Å²) in [7, 11) is 1.61. The Morgan fingerprint density at radius 2 is 2.00 bits per heavy atom. The number of aromatic nitrogens is 3. The van der Waals surface area contributed by atoms with Crippen LogP contribution < -0.4 is 15.4 Å². The summed E-state index contributed by atoms with van der Waals surface area (Å²) in [5, 5.41) is 8.43. The molecule has 0 atom stereocenters. The molecule has 2 heterocycles. The fourth-order valence-corrected chi connectivity index (χ4v) is 2.12. The smallest absolute Gasteiger partial charge is 0.204 e. The topological polar surface area (TPSA) is 72.0 Å². The molecule has 0 aliphatic heterocycles. The van der Waals surface area contributed by atoms with Gasteiger partial charge in [0.1, 0.15) is 6.33 Å². The Bertz CT molecular complexity index is 503. The van der Waals surface area contributed by atoms with Gasteiger partial charge in [-0.3, -0.25) is 0 Å². The number of methoxy groups -OCH3 is 1. The molecule has 0 saturated heterocycles. The van der Waals surface area contributed by atoms with E-state index in [1.807, 2.05) is 10.9 Å². The zero-order chi connectivity index (χ0) is 13.5. The van der Waals surface area contributed by atoms with Crippen molar-refractivity contribution in [3.63, 3.8) is 0 Å². The summed E-state index contributed by atoms with van der Waals surface area (Å²) in [6.07, 6.45) is 2.54. The number of nitrogens with zero attached hydrogens (tertiary/aromatic N) is 3. The Labute approximate surface area is 116 Å². The van der Waals surface area contributed by atoms with Gasteiger partial charge in [0, 0.05) is 11.9 Å². The van der Waals surface area contributed by atoms with Crippen LogP contribution in [0.4, 0.5) is 11.6 Å². The quantitative estimate of drug-likeness (QED) is 0.810. The van der Waals surface area contributed by atoms with Crippen LogP contribution in [0.5, 0.6) is 5.75 Å². The third kappa shape index (κ3) is 3.54. The molecule has 7 heteroatoms. The molecule has 2 rings (SSSR count). The predicted octanol–water partition coefficient (Wildman–Crippen LogP) is 2.38. The number of ether oxygens (including phenoxy) is 1. The van der Waals surface area contributed by atoms with Crippen LogP contribution in [-0.4, -0.2) is 28.6 Å². The van der Waals surface area contributed by atoms with Gasteiger partial charge in [-0.05, 0) is 6.42 Å². The van der Waals surface area contributed by atoms with Crippen LogP contribution >= 0.6 is 11.3 Å². The summed E-state index contributed by atoms with van der Waals surface area (Å²) in [6.45, 7) is 3.56. The average Bonchev–Trinajstić information content (AvgIpc) is 2.96. The van der Waals surface area contributed by atoms with Crippen molar-refractivity contribution in [3.05, 3.63) is 22.9 Å². The first-order chi connectivity index (χ1) is 9.35. The first-order valence-corrected chi connectivity index (χ1v) is 7.03. The highest BCUT2D eigenvalue weighted by Crippen LogP contribution is 2.29. The van der Waals surface area contributed by atoms with Crippen LogP contribution in [0.25, 0.3) is 0 Å². The zero-order valence-electron chi connectivity index (χ0n) is 11.0. The van der Waals surface area contributed by atoms with Crippen molar-refractivity contribution in [1.29, 1.82) is 0 Å². The summed E-state index contributed by atoms with van der Waals surface area (Å²) < 4.78 is 5.38. The first-order valence-electron chi connectivity index (χ1n) is 6.09. The first kappa shape index (κ1) is 13.5. The second-order valence-electron chi connectivity index (χ2n) is 3.86. The Kier molecular flexibility index (Phi) is 4.91. The van der Waals surface area contributed by atoms with Crippen molar-refractivity contribution >= 4 is 23.0 Å². The molecule has 2 aromatic rings. The van der Waals surface area contributed by atoms with Gasteiger partial charge in [0.05, 0.1) is 24.9 Å². The lowest BCUT2D eigenvalue weighted by Crippen LogP contribution is -2.09. The molecular weight excluding hydrogens is 262 g/mol. The molecule has 0 fully saturated rings. The van der Waals surface area contributed by atoms with E-state index in [2.05, 4.69) is 32.5 Å². The molecule has 2 aromatic heterocycles. The van der Waals surface area contributed by atoms with Gasteiger partial charge in [-0.15, -0.1) is 11.3 Å². The second kappa shape index (κ2) is 6.89. The number of hydrogen-bond donors (Lipinski definition) is 2. The number of hydrogen-bond acceptors (Lipinski definition) is 7. The summed E-state index contributed by atoms with van der Waals surface area (Å²) in [6, 6.07) is 0. The molecular formula is C12H17N5OS. The van der Waals surface area contributed by atoms with Gasteiger partial charge in [0.2, 0.25) is 5.75 Å². The van der Waals surface area contributed by atoms with E-state index in [0.29, 0.717) is 23.9 Å². The molecule has 2 N–H and O–H groups in total. The van der Waals surface area contributed by atoms with Crippen LogP contribution in [0.15, 0.2) is 17.2 Å². The standard InChI is InChI=1S/C12H17N5OS/c1-3-4-13-11-10(18-2)12(16-7-15-11)14-5-9-6-19-8-17-9/h6-8H,3-5H2,1-2H3,(H2,13,14,15,16). The molecule has 0 aliphatic carbocycles. The average molecular weight is 279 g/mol. The highest BCUT2D eigenvalue weighted by molar-refractivity contribution is 7.07. The molecule has 0 aliphatic rings. The maximum absolute atomic E-state index is 5.38. The molecule has 6 nitrogen and oxygen atoms in total. The van der Waals surface area contributed by atoms with Crippen molar-refractivity contribution in [3.8, 4) is 5.75 Å². The summed E-state index contributed by atoms with van der Waals surface area (Å²) in [4.78, 5) is 12.6. The Hall–Kier alpha value is -1.89. The minimum atomic E-state index is 0.615. The number of anilines is 2. The van der Waals surface area contributed by atoms with Gasteiger partial charge in [0.15, 0.2) is 11.6 Å². The van der Waals surface area contributed by atoms with E-state index in [-0.39, 0.29) is 0 Å². The molecule has 0 aromatic carbocycles. The maximum Gasteiger partial charge on any atom is 0.204 e. The third-order valence-electron chi connectivity index (χ3n) is 2.47. The minimum absolute atomic E-state index is 0.615. The van der Waals surface area contributed by atoms with E-state index in [9.17, 15) is 0 Å². The molecule has 0 radical (unpaired) electrons. The van der Waals surface area contributed by atoms with E-state index in [1.165, 1.54) is 6.33 Å². The van der Waals surface area contributed by atoms with Gasteiger partial charge in [-0.1, -0.05) is 6.92 Å². The van der Waals surface area contributed by atoms with Gasteiger partial charge in [0.25, 0.3) is 0 Å². The Morgan fingerprint density at radius 3 is 2.63 bits per heavy atom. The third-order valence-corrected chi connectivity index (χ3v) is 3.11. The van der Waals surface area contributed by atoms with E-state index in [0.717, 1.165) is 18.7 Å². The molecule has 0 unspecified atom stereocenters. The highest BCUT2D eigenvalue weighted by atomic mass is 32.1. The lowest BCUT2D eigenvalue weighted by molar-refractivity contribution is 0.414. The summed E-state index contributed by atoms with van der Waals surface area (Å²) in [5.41, 5.74) is 2.79. The van der Waals surface area contributed by atoms with Crippen LogP contribution in [0.3, 0.4) is 0 Å². The van der Waals surface area contributed by atoms with Crippen LogP contribution in [0.1, 0.15) is 19.0 Å². The maximum atomic E-state index is 5.38. The highest BCUT2D eigenvalue weighted by Gasteiger charge is 2.11. The van der Waals surface area contributed by atoms with Crippen molar-refractivity contribution in [2.24, 2.45) is 0 Å². The number of rotatable bonds is 7. The zero-order valence-corrected chi connectivity index (χ0v) is 11.8. The fourth-order valence-electron chi connectivity index (χ4n) is 1.56. The normalized spacial score (nSPS) is 10.2. The largest absolute Gasteiger partial charge is 0.490 e. The van der Waals surface area contributed by atoms with E-state index < -0.39 is 0 Å². The summed E-state index contributed by atoms with van der Waals surface area (Å²) >= 11 is 1.57. The van der Waals surface area contributed by atoms with Crippen molar-refractivity contribution < 1.29 is 4.74 Å². The Morgan fingerprint density at radius 1 is 1.21 bits per heavy atom. The molecule has 19 heavy (non-hydrogen) atoms. The lowest BCUT2D eigenvalue weighted by Gasteiger charge is -2.13. The predicted molar refractivity (Wildman–Crippen MR) is 76.8 cm³/mol. The van der Waals surface area contributed by atoms with Gasteiger partial charge < -0.3 is 15.4 Å². The lowest BCUT2D eigenvalue weighted by atomic mass is 10.4. The van der Waals surface area contributed by atoms with E-state index in [4.69, 9.17) is 4.74 Å². The number of thiazole rings is 1. The Balaban J connectivity index is 2.10. The minimum Gasteiger partial charge on any atom is -0.490 e. The molecule has 0 bridgehead atoms. The van der Waals surface area contributed by atoms with E-state index >= 15 is 0 Å².